The number of carbonyl (C=O) groups excluding carboxylic acids is 1. The average Bonchev–Trinajstić information content (AvgIpc) is 1.89. The highest BCUT2D eigenvalue weighted by Crippen LogP contribution is 1.97. The maximum absolute atomic E-state index is 10.4. The minimum absolute atomic E-state index is 0.351. The molecule has 0 saturated carbocycles. The van der Waals surface area contributed by atoms with Crippen LogP contribution in [0.5, 0.6) is 0 Å². The van der Waals surface area contributed by atoms with E-state index in [1.165, 1.54) is 0 Å². The Hall–Kier alpha value is -0.530. The molecule has 0 atom stereocenters. The van der Waals surface area contributed by atoms with Crippen molar-refractivity contribution in [1.29, 1.82) is 0 Å². The first-order chi connectivity index (χ1) is 4.72. The molecule has 1 amide bonds. The molecule has 0 aliphatic carbocycles. The molecule has 0 aromatic rings. The second-order valence-electron chi connectivity index (χ2n) is 2.79. The summed E-state index contributed by atoms with van der Waals surface area (Å²) in [5.41, 5.74) is 0. The predicted molar refractivity (Wildman–Crippen MR) is 42.8 cm³/mol. The summed E-state index contributed by atoms with van der Waals surface area (Å²) in [6.45, 7) is 7.09. The van der Waals surface area contributed by atoms with Gasteiger partial charge in [0, 0.05) is 12.6 Å². The lowest BCUT2D eigenvalue weighted by atomic mass is 10.3. The van der Waals surface area contributed by atoms with Crippen molar-refractivity contribution in [3.8, 4) is 0 Å². The van der Waals surface area contributed by atoms with Crippen LogP contribution in [0.2, 0.25) is 0 Å². The van der Waals surface area contributed by atoms with Crippen molar-refractivity contribution in [2.24, 2.45) is 0 Å². The molecular weight excluding hydrogens is 126 g/mol. The molecule has 0 aliphatic heterocycles. The molecule has 0 fully saturated rings. The van der Waals surface area contributed by atoms with Crippen LogP contribution in [-0.4, -0.2) is 23.9 Å². The topological polar surface area (TPSA) is 20.3 Å². The lowest BCUT2D eigenvalue weighted by molar-refractivity contribution is -0.119. The number of rotatable bonds is 5. The van der Waals surface area contributed by atoms with Crippen molar-refractivity contribution >= 4 is 6.41 Å². The maximum atomic E-state index is 10.4. The molecule has 0 rings (SSSR count). The summed E-state index contributed by atoms with van der Waals surface area (Å²) in [7, 11) is 0. The van der Waals surface area contributed by atoms with Crippen LogP contribution in [-0.2, 0) is 4.79 Å². The van der Waals surface area contributed by atoms with Gasteiger partial charge in [0.05, 0.1) is 0 Å². The van der Waals surface area contributed by atoms with Gasteiger partial charge in [0.15, 0.2) is 0 Å². The SMILES string of the molecule is CCCCN(C=O)C(C)C. The number of nitrogens with zero attached hydrogens (tertiary/aromatic N) is 1. The first-order valence-electron chi connectivity index (χ1n) is 3.93. The van der Waals surface area contributed by atoms with Crippen LogP contribution in [0.1, 0.15) is 33.6 Å². The van der Waals surface area contributed by atoms with Crippen molar-refractivity contribution < 1.29 is 4.79 Å². The van der Waals surface area contributed by atoms with Gasteiger partial charge in [0.2, 0.25) is 6.41 Å². The predicted octanol–water partition coefficient (Wildman–Crippen LogP) is 1.65. The van der Waals surface area contributed by atoms with Crippen molar-refractivity contribution in [2.75, 3.05) is 6.54 Å². The molecule has 0 spiro atoms. The standard InChI is InChI=1S/C8H17NO/c1-4-5-6-9(7-10)8(2)3/h7-8H,4-6H2,1-3H3. The van der Waals surface area contributed by atoms with E-state index in [4.69, 9.17) is 0 Å². The van der Waals surface area contributed by atoms with E-state index in [0.29, 0.717) is 6.04 Å². The Kier molecular flexibility index (Phi) is 4.99. The quantitative estimate of drug-likeness (QED) is 0.536. The van der Waals surface area contributed by atoms with E-state index >= 15 is 0 Å². The number of carbonyl (C=O) groups is 1. The summed E-state index contributed by atoms with van der Waals surface area (Å²) < 4.78 is 0. The molecule has 10 heavy (non-hydrogen) atoms. The van der Waals surface area contributed by atoms with E-state index < -0.39 is 0 Å². The van der Waals surface area contributed by atoms with Crippen molar-refractivity contribution in [2.45, 2.75) is 39.7 Å². The van der Waals surface area contributed by atoms with E-state index in [1.807, 2.05) is 18.7 Å². The molecule has 2 nitrogen and oxygen atoms in total. The first-order valence-corrected chi connectivity index (χ1v) is 3.93. The monoisotopic (exact) mass is 143 g/mol. The smallest absolute Gasteiger partial charge is 0.209 e. The Morgan fingerprint density at radius 2 is 2.10 bits per heavy atom. The third-order valence-corrected chi connectivity index (χ3v) is 1.57. The van der Waals surface area contributed by atoms with Crippen molar-refractivity contribution in [3.63, 3.8) is 0 Å². The van der Waals surface area contributed by atoms with Crippen LogP contribution in [0, 0.1) is 0 Å². The average molecular weight is 143 g/mol. The fraction of sp³-hybridized carbons (Fsp3) is 0.875. The van der Waals surface area contributed by atoms with Gasteiger partial charge in [-0.15, -0.1) is 0 Å². The summed E-state index contributed by atoms with van der Waals surface area (Å²) in [6, 6.07) is 0.351. The van der Waals surface area contributed by atoms with Crippen LogP contribution in [0.4, 0.5) is 0 Å². The van der Waals surface area contributed by atoms with Crippen molar-refractivity contribution in [3.05, 3.63) is 0 Å². The Balaban J connectivity index is 3.50. The zero-order valence-corrected chi connectivity index (χ0v) is 7.13. The molecule has 0 bridgehead atoms. The van der Waals surface area contributed by atoms with Gasteiger partial charge in [-0.3, -0.25) is 4.79 Å². The molecular formula is C8H17NO. The van der Waals surface area contributed by atoms with Crippen molar-refractivity contribution in [1.82, 2.24) is 4.90 Å². The minimum Gasteiger partial charge on any atom is -0.343 e. The third-order valence-electron chi connectivity index (χ3n) is 1.57. The highest BCUT2D eigenvalue weighted by Gasteiger charge is 2.03. The molecule has 0 aromatic carbocycles. The molecule has 0 aliphatic rings. The Bertz CT molecular complexity index is 91.3. The summed E-state index contributed by atoms with van der Waals surface area (Å²) in [6.07, 6.45) is 3.19. The highest BCUT2D eigenvalue weighted by molar-refractivity contribution is 5.47. The number of amides is 1. The molecule has 0 N–H and O–H groups in total. The minimum atomic E-state index is 0.351. The molecule has 0 unspecified atom stereocenters. The molecule has 0 aromatic heterocycles. The summed E-state index contributed by atoms with van der Waals surface area (Å²) in [5.74, 6) is 0. The van der Waals surface area contributed by atoms with E-state index in [1.54, 1.807) is 0 Å². The Morgan fingerprint density at radius 1 is 1.50 bits per heavy atom. The fourth-order valence-electron chi connectivity index (χ4n) is 0.773. The van der Waals surface area contributed by atoms with E-state index in [-0.39, 0.29) is 0 Å². The lowest BCUT2D eigenvalue weighted by Crippen LogP contribution is -2.30. The second kappa shape index (κ2) is 5.27. The molecule has 2 heteroatoms. The van der Waals surface area contributed by atoms with Crippen LogP contribution < -0.4 is 0 Å². The normalized spacial score (nSPS) is 10.0. The van der Waals surface area contributed by atoms with E-state index in [9.17, 15) is 4.79 Å². The lowest BCUT2D eigenvalue weighted by Gasteiger charge is -2.20. The summed E-state index contributed by atoms with van der Waals surface area (Å²) >= 11 is 0. The molecule has 0 saturated heterocycles. The molecule has 0 heterocycles. The Labute approximate surface area is 63.2 Å². The zero-order valence-electron chi connectivity index (χ0n) is 7.13. The Morgan fingerprint density at radius 3 is 2.40 bits per heavy atom. The van der Waals surface area contributed by atoms with Gasteiger partial charge in [-0.1, -0.05) is 13.3 Å². The van der Waals surface area contributed by atoms with Gasteiger partial charge in [-0.25, -0.2) is 0 Å². The van der Waals surface area contributed by atoms with Crippen LogP contribution in [0.15, 0.2) is 0 Å². The third kappa shape index (κ3) is 3.49. The summed E-state index contributed by atoms with van der Waals surface area (Å²) in [4.78, 5) is 12.2. The van der Waals surface area contributed by atoms with Gasteiger partial charge in [-0.2, -0.15) is 0 Å². The van der Waals surface area contributed by atoms with Gasteiger partial charge < -0.3 is 4.90 Å². The van der Waals surface area contributed by atoms with Gasteiger partial charge in [-0.05, 0) is 20.3 Å². The number of hydrogen-bond donors (Lipinski definition) is 0. The maximum Gasteiger partial charge on any atom is 0.209 e. The van der Waals surface area contributed by atoms with Crippen LogP contribution >= 0.6 is 0 Å². The fourth-order valence-corrected chi connectivity index (χ4v) is 0.773. The van der Waals surface area contributed by atoms with Gasteiger partial charge in [0.25, 0.3) is 0 Å². The number of hydrogen-bond acceptors (Lipinski definition) is 1. The van der Waals surface area contributed by atoms with Crippen LogP contribution in [0.3, 0.4) is 0 Å². The first kappa shape index (κ1) is 9.47. The largest absolute Gasteiger partial charge is 0.343 e. The summed E-state index contributed by atoms with van der Waals surface area (Å²) in [5, 5.41) is 0. The van der Waals surface area contributed by atoms with E-state index in [2.05, 4.69) is 6.92 Å². The van der Waals surface area contributed by atoms with Gasteiger partial charge >= 0.3 is 0 Å². The highest BCUT2D eigenvalue weighted by atomic mass is 16.1. The van der Waals surface area contributed by atoms with E-state index in [0.717, 1.165) is 25.8 Å². The number of unbranched alkanes of at least 4 members (excludes halogenated alkanes) is 1. The van der Waals surface area contributed by atoms with Crippen LogP contribution in [0.25, 0.3) is 0 Å². The molecule has 60 valence electrons. The zero-order chi connectivity index (χ0) is 7.98. The molecule has 0 radical (unpaired) electrons. The van der Waals surface area contributed by atoms with Gasteiger partial charge in [0.1, 0.15) is 0 Å². The second-order valence-corrected chi connectivity index (χ2v) is 2.79.